The summed E-state index contributed by atoms with van der Waals surface area (Å²) in [6, 6.07) is 8.71. The highest BCUT2D eigenvalue weighted by atomic mass is 32.2. The van der Waals surface area contributed by atoms with Crippen LogP contribution in [0.4, 0.5) is 10.5 Å². The lowest BCUT2D eigenvalue weighted by Crippen LogP contribution is -2.56. The molecule has 1 fully saturated rings. The van der Waals surface area contributed by atoms with Crippen molar-refractivity contribution in [1.82, 2.24) is 9.29 Å². The van der Waals surface area contributed by atoms with Crippen molar-refractivity contribution in [2.45, 2.75) is 33.3 Å². The number of carbonyl (C=O) groups excluding carboxylic acids is 1. The SMILES string of the molecule is CC1CN(C(=O)OC(C)(C)C)S(=O)(=O)N(c2ccc3c(C#N)nccc3c2)C1. The maximum atomic E-state index is 13.1. The predicted octanol–water partition coefficient (Wildman–Crippen LogP) is 3.04. The summed E-state index contributed by atoms with van der Waals surface area (Å²) >= 11 is 0. The normalized spacial score (nSPS) is 19.3. The van der Waals surface area contributed by atoms with Crippen molar-refractivity contribution in [3.63, 3.8) is 0 Å². The van der Waals surface area contributed by atoms with E-state index >= 15 is 0 Å². The first kappa shape index (κ1) is 19.9. The van der Waals surface area contributed by atoms with Crippen LogP contribution >= 0.6 is 0 Å². The van der Waals surface area contributed by atoms with Crippen molar-refractivity contribution in [3.05, 3.63) is 36.2 Å². The van der Waals surface area contributed by atoms with Gasteiger partial charge in [0, 0.05) is 24.7 Å². The lowest BCUT2D eigenvalue weighted by atomic mass is 10.1. The molecule has 1 aliphatic heterocycles. The molecule has 0 N–H and O–H groups in total. The van der Waals surface area contributed by atoms with Gasteiger partial charge in [0.25, 0.3) is 0 Å². The molecule has 1 unspecified atom stereocenters. The van der Waals surface area contributed by atoms with Gasteiger partial charge in [-0.05, 0) is 56.3 Å². The standard InChI is InChI=1S/C19H22N4O4S/c1-13-11-22(28(25,26)23(12-13)18(24)27-19(2,3)4)15-5-6-16-14(9-15)7-8-21-17(16)10-20/h5-9,13H,11-12H2,1-4H3. The number of nitrogens with zero attached hydrogens (tertiary/aromatic N) is 4. The van der Waals surface area contributed by atoms with Gasteiger partial charge in [0.15, 0.2) is 0 Å². The van der Waals surface area contributed by atoms with Crippen molar-refractivity contribution in [2.24, 2.45) is 5.92 Å². The number of hydrogen-bond donors (Lipinski definition) is 0. The molecule has 1 amide bonds. The summed E-state index contributed by atoms with van der Waals surface area (Å²) in [7, 11) is -4.09. The number of anilines is 1. The van der Waals surface area contributed by atoms with Crippen LogP contribution < -0.4 is 4.31 Å². The Morgan fingerprint density at radius 1 is 1.29 bits per heavy atom. The minimum atomic E-state index is -4.09. The number of hydrogen-bond acceptors (Lipinski definition) is 6. The Bertz CT molecular complexity index is 1070. The Hall–Kier alpha value is -2.86. The Kier molecular flexibility index (Phi) is 4.93. The fourth-order valence-electron chi connectivity index (χ4n) is 3.06. The maximum absolute atomic E-state index is 13.1. The third-order valence-electron chi connectivity index (χ3n) is 4.25. The highest BCUT2D eigenvalue weighted by Gasteiger charge is 2.42. The third-order valence-corrected chi connectivity index (χ3v) is 6.02. The van der Waals surface area contributed by atoms with Crippen LogP contribution in [0.5, 0.6) is 0 Å². The maximum Gasteiger partial charge on any atom is 0.425 e. The molecule has 1 aromatic carbocycles. The lowest BCUT2D eigenvalue weighted by Gasteiger charge is -2.39. The highest BCUT2D eigenvalue weighted by Crippen LogP contribution is 2.31. The van der Waals surface area contributed by atoms with Crippen LogP contribution in [-0.4, -0.2) is 42.5 Å². The highest BCUT2D eigenvalue weighted by molar-refractivity contribution is 7.91. The van der Waals surface area contributed by atoms with Crippen molar-refractivity contribution in [1.29, 1.82) is 5.26 Å². The average Bonchev–Trinajstić information content (AvgIpc) is 2.60. The van der Waals surface area contributed by atoms with Crippen molar-refractivity contribution >= 4 is 32.8 Å². The van der Waals surface area contributed by atoms with E-state index < -0.39 is 21.9 Å². The van der Waals surface area contributed by atoms with E-state index in [-0.39, 0.29) is 24.7 Å². The molecule has 1 saturated heterocycles. The Balaban J connectivity index is 2.02. The summed E-state index contributed by atoms with van der Waals surface area (Å²) in [6.07, 6.45) is 0.617. The molecule has 1 atom stereocenters. The van der Waals surface area contributed by atoms with Crippen LogP contribution in [0.25, 0.3) is 10.8 Å². The van der Waals surface area contributed by atoms with Gasteiger partial charge in [0.2, 0.25) is 0 Å². The van der Waals surface area contributed by atoms with Gasteiger partial charge in [-0.1, -0.05) is 6.92 Å². The molecule has 8 nitrogen and oxygen atoms in total. The van der Waals surface area contributed by atoms with E-state index in [1.165, 1.54) is 10.5 Å². The van der Waals surface area contributed by atoms with Crippen molar-refractivity contribution in [3.8, 4) is 6.07 Å². The first-order chi connectivity index (χ1) is 13.0. The van der Waals surface area contributed by atoms with Gasteiger partial charge in [-0.2, -0.15) is 18.0 Å². The van der Waals surface area contributed by atoms with Gasteiger partial charge in [-0.15, -0.1) is 0 Å². The van der Waals surface area contributed by atoms with Crippen LogP contribution in [0.1, 0.15) is 33.4 Å². The first-order valence-electron chi connectivity index (χ1n) is 8.85. The first-order valence-corrected chi connectivity index (χ1v) is 10.2. The summed E-state index contributed by atoms with van der Waals surface area (Å²) in [5, 5.41) is 10.5. The van der Waals surface area contributed by atoms with Gasteiger partial charge < -0.3 is 4.74 Å². The summed E-state index contributed by atoms with van der Waals surface area (Å²) in [5.74, 6) is -0.0844. The largest absolute Gasteiger partial charge is 0.443 e. The van der Waals surface area contributed by atoms with E-state index in [0.29, 0.717) is 16.5 Å². The minimum Gasteiger partial charge on any atom is -0.443 e. The van der Waals surface area contributed by atoms with Crippen LogP contribution in [0.2, 0.25) is 0 Å². The van der Waals surface area contributed by atoms with E-state index in [1.54, 1.807) is 45.0 Å². The van der Waals surface area contributed by atoms with Gasteiger partial charge in [0.1, 0.15) is 17.4 Å². The molecule has 28 heavy (non-hydrogen) atoms. The molecule has 1 aliphatic rings. The fourth-order valence-corrected chi connectivity index (χ4v) is 4.79. The molecule has 0 radical (unpaired) electrons. The number of amides is 1. The number of aromatic nitrogens is 1. The second-order valence-corrected chi connectivity index (χ2v) is 9.61. The molecular formula is C19H22N4O4S. The molecule has 148 valence electrons. The van der Waals surface area contributed by atoms with E-state index in [0.717, 1.165) is 4.31 Å². The van der Waals surface area contributed by atoms with Crippen molar-refractivity contribution < 1.29 is 17.9 Å². The van der Waals surface area contributed by atoms with E-state index in [4.69, 9.17) is 4.74 Å². The van der Waals surface area contributed by atoms with Crippen LogP contribution in [0.15, 0.2) is 30.5 Å². The Morgan fingerprint density at radius 2 is 2.00 bits per heavy atom. The van der Waals surface area contributed by atoms with Gasteiger partial charge >= 0.3 is 16.3 Å². The average molecular weight is 402 g/mol. The molecule has 0 spiro atoms. The van der Waals surface area contributed by atoms with Crippen LogP contribution in [0.3, 0.4) is 0 Å². The monoisotopic (exact) mass is 402 g/mol. The summed E-state index contributed by atoms with van der Waals surface area (Å²) in [4.78, 5) is 16.5. The topological polar surface area (TPSA) is 104 Å². The molecular weight excluding hydrogens is 380 g/mol. The van der Waals surface area contributed by atoms with Gasteiger partial charge in [-0.25, -0.2) is 9.78 Å². The van der Waals surface area contributed by atoms with Crippen molar-refractivity contribution in [2.75, 3.05) is 17.4 Å². The fraction of sp³-hybridized carbons (Fsp3) is 0.421. The molecule has 3 rings (SSSR count). The molecule has 2 heterocycles. The number of carbonyl (C=O) groups is 1. The number of pyridine rings is 1. The second-order valence-electron chi connectivity index (χ2n) is 7.83. The molecule has 2 aromatic rings. The number of fused-ring (bicyclic) bond motifs is 1. The van der Waals surface area contributed by atoms with E-state index in [2.05, 4.69) is 4.98 Å². The molecule has 0 bridgehead atoms. The van der Waals surface area contributed by atoms with E-state index in [9.17, 15) is 18.5 Å². The minimum absolute atomic E-state index is 0.0594. The number of rotatable bonds is 1. The van der Waals surface area contributed by atoms with Gasteiger partial charge in [0.05, 0.1) is 5.69 Å². The van der Waals surface area contributed by atoms with E-state index in [1.807, 2.05) is 13.0 Å². The second kappa shape index (κ2) is 6.95. The smallest absolute Gasteiger partial charge is 0.425 e. The summed E-state index contributed by atoms with van der Waals surface area (Å²) in [5.41, 5.74) is -0.112. The molecule has 0 saturated carbocycles. The summed E-state index contributed by atoms with van der Waals surface area (Å²) < 4.78 is 33.5. The van der Waals surface area contributed by atoms with Gasteiger partial charge in [-0.3, -0.25) is 4.31 Å². The predicted molar refractivity (Wildman–Crippen MR) is 105 cm³/mol. The third kappa shape index (κ3) is 3.73. The number of benzene rings is 1. The Morgan fingerprint density at radius 3 is 2.64 bits per heavy atom. The molecule has 1 aromatic heterocycles. The summed E-state index contributed by atoms with van der Waals surface area (Å²) in [6.45, 7) is 7.23. The Labute approximate surface area is 164 Å². The zero-order valence-corrected chi connectivity index (χ0v) is 17.0. The zero-order valence-electron chi connectivity index (χ0n) is 16.2. The number of ether oxygens (including phenoxy) is 1. The van der Waals surface area contributed by atoms with Crippen LogP contribution in [-0.2, 0) is 14.9 Å². The quantitative estimate of drug-likeness (QED) is 0.726. The van der Waals surface area contributed by atoms with Crippen LogP contribution in [0, 0.1) is 17.2 Å². The molecule has 0 aliphatic carbocycles. The lowest BCUT2D eigenvalue weighted by molar-refractivity contribution is 0.0368. The number of nitriles is 1. The molecule has 9 heteroatoms. The zero-order chi connectivity index (χ0) is 20.7.